The molecule has 0 spiro atoms. The number of carbonyl (C=O) groups excluding carboxylic acids is 2. The van der Waals surface area contributed by atoms with Crippen LogP contribution >= 0.6 is 0 Å². The fourth-order valence-corrected chi connectivity index (χ4v) is 1.80. The van der Waals surface area contributed by atoms with Crippen LogP contribution in [0.15, 0.2) is 12.3 Å². The number of nitrogens with zero attached hydrogens (tertiary/aromatic N) is 5. The summed E-state index contributed by atoms with van der Waals surface area (Å²) in [7, 11) is 4.30. The Balaban J connectivity index is 2.33. The lowest BCUT2D eigenvalue weighted by molar-refractivity contribution is -0.139. The van der Waals surface area contributed by atoms with Crippen LogP contribution in [-0.4, -0.2) is 50.9 Å². The average Bonchev–Trinajstić information content (AvgIpc) is 3.05. The highest BCUT2D eigenvalue weighted by Gasteiger charge is 2.23. The molecule has 9 nitrogen and oxygen atoms in total. The highest BCUT2D eigenvalue weighted by Crippen LogP contribution is 2.11. The maximum absolute atomic E-state index is 11.7. The predicted octanol–water partition coefficient (Wildman–Crippen LogP) is -0.438. The molecule has 0 aromatic carbocycles. The van der Waals surface area contributed by atoms with Crippen LogP contribution in [0.2, 0.25) is 0 Å². The molecule has 0 bridgehead atoms. The lowest BCUT2D eigenvalue weighted by Gasteiger charge is -2.05. The van der Waals surface area contributed by atoms with Gasteiger partial charge in [-0.05, 0) is 6.07 Å². The van der Waals surface area contributed by atoms with Crippen molar-refractivity contribution in [3.8, 4) is 0 Å². The van der Waals surface area contributed by atoms with Gasteiger partial charge in [0, 0.05) is 13.2 Å². The molecule has 0 N–H and O–H groups in total. The maximum atomic E-state index is 11.7. The Morgan fingerprint density at radius 3 is 2.62 bits per heavy atom. The fourth-order valence-electron chi connectivity index (χ4n) is 1.80. The van der Waals surface area contributed by atoms with Crippen molar-refractivity contribution >= 4 is 11.9 Å². The largest absolute Gasteiger partial charge is 0.469 e. The first kappa shape index (κ1) is 14.7. The summed E-state index contributed by atoms with van der Waals surface area (Å²) >= 11 is 0. The molecule has 0 saturated carbocycles. The minimum absolute atomic E-state index is 0.00108. The molecule has 2 heterocycles. The molecular formula is C12H15N5O4. The Hall–Kier alpha value is -2.71. The molecule has 2 rings (SSSR count). The molecule has 2 aromatic heterocycles. The molecule has 0 aliphatic carbocycles. The van der Waals surface area contributed by atoms with Crippen LogP contribution in [0.4, 0.5) is 0 Å². The molecule has 0 saturated heterocycles. The van der Waals surface area contributed by atoms with Crippen molar-refractivity contribution in [3.63, 3.8) is 0 Å². The van der Waals surface area contributed by atoms with E-state index in [4.69, 9.17) is 0 Å². The number of esters is 2. The van der Waals surface area contributed by atoms with Crippen LogP contribution < -0.4 is 0 Å². The number of carbonyl (C=O) groups is 2. The minimum atomic E-state index is -0.652. The van der Waals surface area contributed by atoms with E-state index in [-0.39, 0.29) is 18.7 Å². The molecule has 2 aromatic rings. The van der Waals surface area contributed by atoms with Gasteiger partial charge < -0.3 is 9.47 Å². The number of hydrogen-bond donors (Lipinski definition) is 0. The molecule has 21 heavy (non-hydrogen) atoms. The van der Waals surface area contributed by atoms with Crippen LogP contribution in [0.5, 0.6) is 0 Å². The normalized spacial score (nSPS) is 10.4. The third kappa shape index (κ3) is 3.25. The summed E-state index contributed by atoms with van der Waals surface area (Å²) in [6, 6.07) is 1.81. The van der Waals surface area contributed by atoms with Crippen molar-refractivity contribution in [2.45, 2.75) is 13.0 Å². The van der Waals surface area contributed by atoms with E-state index >= 15 is 0 Å². The second-order valence-electron chi connectivity index (χ2n) is 4.27. The molecular weight excluding hydrogens is 278 g/mol. The first-order valence-corrected chi connectivity index (χ1v) is 6.11. The summed E-state index contributed by atoms with van der Waals surface area (Å²) in [6.07, 6.45) is 1.66. The average molecular weight is 293 g/mol. The predicted molar refractivity (Wildman–Crippen MR) is 69.4 cm³/mol. The number of ether oxygens (including phenoxy) is 2. The van der Waals surface area contributed by atoms with Crippen molar-refractivity contribution in [3.05, 3.63) is 29.3 Å². The molecule has 0 aliphatic rings. The summed E-state index contributed by atoms with van der Waals surface area (Å²) in [5, 5.41) is 11.9. The van der Waals surface area contributed by atoms with Crippen molar-refractivity contribution in [1.29, 1.82) is 0 Å². The van der Waals surface area contributed by atoms with Crippen molar-refractivity contribution in [1.82, 2.24) is 24.8 Å². The van der Waals surface area contributed by atoms with Crippen molar-refractivity contribution in [2.75, 3.05) is 14.2 Å². The van der Waals surface area contributed by atoms with E-state index in [9.17, 15) is 9.59 Å². The van der Waals surface area contributed by atoms with E-state index in [1.54, 1.807) is 24.0 Å². The van der Waals surface area contributed by atoms with Crippen molar-refractivity contribution in [2.24, 2.45) is 7.05 Å². The smallest absolute Gasteiger partial charge is 0.360 e. The van der Waals surface area contributed by atoms with Gasteiger partial charge in [-0.3, -0.25) is 9.48 Å². The second kappa shape index (κ2) is 6.16. The standard InChI is InChI=1S/C12H15N5O4/c1-16-5-4-8(14-16)7-17-9(6-10(18)20-2)11(13-15-17)12(19)21-3/h4-5H,6-7H2,1-3H3. The van der Waals surface area contributed by atoms with E-state index in [1.165, 1.54) is 18.9 Å². The van der Waals surface area contributed by atoms with E-state index in [0.29, 0.717) is 5.69 Å². The van der Waals surface area contributed by atoms with E-state index in [0.717, 1.165) is 5.69 Å². The number of hydrogen-bond acceptors (Lipinski definition) is 7. The second-order valence-corrected chi connectivity index (χ2v) is 4.27. The van der Waals surface area contributed by atoms with Gasteiger partial charge >= 0.3 is 11.9 Å². The number of rotatable bonds is 5. The molecule has 112 valence electrons. The van der Waals surface area contributed by atoms with Gasteiger partial charge in [0.1, 0.15) is 0 Å². The van der Waals surface area contributed by atoms with Crippen LogP contribution in [0, 0.1) is 0 Å². The van der Waals surface area contributed by atoms with Gasteiger partial charge in [0.2, 0.25) is 0 Å². The van der Waals surface area contributed by atoms with Crippen LogP contribution in [0.25, 0.3) is 0 Å². The fraction of sp³-hybridized carbons (Fsp3) is 0.417. The molecule has 0 unspecified atom stereocenters. The lowest BCUT2D eigenvalue weighted by Crippen LogP contribution is -2.16. The molecule has 0 aliphatic heterocycles. The highest BCUT2D eigenvalue weighted by atomic mass is 16.5. The maximum Gasteiger partial charge on any atom is 0.360 e. The van der Waals surface area contributed by atoms with Crippen molar-refractivity contribution < 1.29 is 19.1 Å². The first-order valence-electron chi connectivity index (χ1n) is 6.11. The third-order valence-corrected chi connectivity index (χ3v) is 2.84. The molecule has 9 heteroatoms. The summed E-state index contributed by atoms with van der Waals surface area (Å²) in [5.41, 5.74) is 1.06. The summed E-state index contributed by atoms with van der Waals surface area (Å²) in [6.45, 7) is 0.289. The Labute approximate surface area is 120 Å². The zero-order valence-electron chi connectivity index (χ0n) is 11.9. The number of methoxy groups -OCH3 is 2. The Morgan fingerprint density at radius 1 is 1.29 bits per heavy atom. The zero-order valence-corrected chi connectivity index (χ0v) is 11.9. The van der Waals surface area contributed by atoms with Gasteiger partial charge in [0.05, 0.1) is 38.6 Å². The first-order chi connectivity index (χ1) is 10.0. The Bertz CT molecular complexity index is 660. The van der Waals surface area contributed by atoms with Gasteiger partial charge in [-0.2, -0.15) is 5.10 Å². The lowest BCUT2D eigenvalue weighted by atomic mass is 10.2. The van der Waals surface area contributed by atoms with Crippen LogP contribution in [0.3, 0.4) is 0 Å². The Kier molecular flexibility index (Phi) is 4.31. The quantitative estimate of drug-likeness (QED) is 0.689. The Morgan fingerprint density at radius 2 is 2.05 bits per heavy atom. The number of aryl methyl sites for hydroxylation is 1. The van der Waals surface area contributed by atoms with E-state index < -0.39 is 11.9 Å². The molecule has 0 amide bonds. The molecule has 0 atom stereocenters. The third-order valence-electron chi connectivity index (χ3n) is 2.84. The van der Waals surface area contributed by atoms with E-state index in [1.807, 2.05) is 0 Å². The number of aromatic nitrogens is 5. The SMILES string of the molecule is COC(=O)Cc1c(C(=O)OC)nnn1Cc1ccn(C)n1. The highest BCUT2D eigenvalue weighted by molar-refractivity contribution is 5.89. The minimum Gasteiger partial charge on any atom is -0.469 e. The van der Waals surface area contributed by atoms with Crippen LogP contribution in [0.1, 0.15) is 21.9 Å². The molecule has 0 fully saturated rings. The summed E-state index contributed by atoms with van der Waals surface area (Å²) in [5.74, 6) is -1.15. The van der Waals surface area contributed by atoms with Gasteiger partial charge in [0.25, 0.3) is 0 Å². The monoisotopic (exact) mass is 293 g/mol. The van der Waals surface area contributed by atoms with Gasteiger partial charge in [0.15, 0.2) is 5.69 Å². The summed E-state index contributed by atoms with van der Waals surface area (Å²) in [4.78, 5) is 23.2. The van der Waals surface area contributed by atoms with E-state index in [2.05, 4.69) is 24.9 Å². The van der Waals surface area contributed by atoms with Gasteiger partial charge in [-0.25, -0.2) is 9.48 Å². The zero-order chi connectivity index (χ0) is 15.4. The van der Waals surface area contributed by atoms with Gasteiger partial charge in [-0.1, -0.05) is 5.21 Å². The van der Waals surface area contributed by atoms with Gasteiger partial charge in [-0.15, -0.1) is 5.10 Å². The molecule has 0 radical (unpaired) electrons. The topological polar surface area (TPSA) is 101 Å². The summed E-state index contributed by atoms with van der Waals surface area (Å²) < 4.78 is 12.3. The van der Waals surface area contributed by atoms with Crippen LogP contribution in [-0.2, 0) is 34.3 Å².